The summed E-state index contributed by atoms with van der Waals surface area (Å²) in [4.78, 5) is 12.0. The van der Waals surface area contributed by atoms with Crippen LogP contribution in [-0.4, -0.2) is 21.8 Å². The lowest BCUT2D eigenvalue weighted by Crippen LogP contribution is -2.13. The molecule has 0 spiro atoms. The molecule has 7 heteroatoms. The van der Waals surface area contributed by atoms with Crippen molar-refractivity contribution >= 4 is 11.8 Å². The molecule has 0 aliphatic carbocycles. The van der Waals surface area contributed by atoms with E-state index in [0.717, 1.165) is 4.90 Å². The molecule has 2 rings (SSSR count). The Labute approximate surface area is 107 Å². The van der Waals surface area contributed by atoms with E-state index in [9.17, 15) is 9.18 Å². The number of aromatic nitrogens is 3. The molecule has 0 amide bonds. The van der Waals surface area contributed by atoms with Crippen molar-refractivity contribution in [2.45, 2.75) is 16.6 Å². The summed E-state index contributed by atoms with van der Waals surface area (Å²) in [6.45, 7) is 0.424. The molecule has 1 heterocycles. The molecule has 0 aliphatic heterocycles. The summed E-state index contributed by atoms with van der Waals surface area (Å²) in [7, 11) is 3.37. The van der Waals surface area contributed by atoms with E-state index in [1.165, 1.54) is 22.4 Å². The van der Waals surface area contributed by atoms with Gasteiger partial charge in [-0.15, -0.1) is 5.10 Å². The largest absolute Gasteiger partial charge is 0.343 e. The molecule has 0 atom stereocenters. The summed E-state index contributed by atoms with van der Waals surface area (Å²) in [5.74, 6) is -0.269. The number of nitrogens with one attached hydrogen (secondary N) is 2. The van der Waals surface area contributed by atoms with Crippen LogP contribution in [0.1, 0.15) is 5.56 Å². The van der Waals surface area contributed by atoms with Gasteiger partial charge in [0.15, 0.2) is 5.16 Å². The highest BCUT2D eigenvalue weighted by atomic mass is 32.2. The Morgan fingerprint density at radius 2 is 2.33 bits per heavy atom. The van der Waals surface area contributed by atoms with Crippen molar-refractivity contribution in [3.63, 3.8) is 0 Å². The first-order chi connectivity index (χ1) is 8.63. The van der Waals surface area contributed by atoms with Crippen LogP contribution in [0.3, 0.4) is 0 Å². The fourth-order valence-electron chi connectivity index (χ4n) is 1.50. The summed E-state index contributed by atoms with van der Waals surface area (Å²) >= 11 is 1.26. The summed E-state index contributed by atoms with van der Waals surface area (Å²) in [5, 5.41) is 9.66. The van der Waals surface area contributed by atoms with Crippen molar-refractivity contribution in [1.82, 2.24) is 20.1 Å². The third-order valence-electron chi connectivity index (χ3n) is 2.47. The summed E-state index contributed by atoms with van der Waals surface area (Å²) in [6, 6.07) is 4.86. The second-order valence-electron chi connectivity index (χ2n) is 3.72. The molecule has 2 N–H and O–H groups in total. The normalized spacial score (nSPS) is 10.8. The van der Waals surface area contributed by atoms with Crippen LogP contribution in [0.5, 0.6) is 0 Å². The highest BCUT2D eigenvalue weighted by Crippen LogP contribution is 2.29. The lowest BCUT2D eigenvalue weighted by molar-refractivity contribution is 0.593. The van der Waals surface area contributed by atoms with Gasteiger partial charge in [0, 0.05) is 24.1 Å². The number of hydrogen-bond acceptors (Lipinski definition) is 4. The van der Waals surface area contributed by atoms with Crippen LogP contribution in [0.2, 0.25) is 0 Å². The van der Waals surface area contributed by atoms with Crippen LogP contribution in [0.25, 0.3) is 0 Å². The van der Waals surface area contributed by atoms with E-state index in [1.807, 2.05) is 0 Å². The number of hydrogen-bond donors (Lipinski definition) is 2. The van der Waals surface area contributed by atoms with Crippen molar-refractivity contribution in [3.8, 4) is 0 Å². The van der Waals surface area contributed by atoms with E-state index in [0.29, 0.717) is 17.3 Å². The zero-order chi connectivity index (χ0) is 13.1. The third kappa shape index (κ3) is 2.46. The highest BCUT2D eigenvalue weighted by Gasteiger charge is 2.12. The van der Waals surface area contributed by atoms with E-state index >= 15 is 0 Å². The van der Waals surface area contributed by atoms with Crippen LogP contribution < -0.4 is 11.0 Å². The molecule has 96 valence electrons. The quantitative estimate of drug-likeness (QED) is 0.872. The lowest BCUT2D eigenvalue weighted by atomic mass is 10.2. The number of rotatable bonds is 4. The maximum atomic E-state index is 13.7. The molecule has 0 saturated carbocycles. The summed E-state index contributed by atoms with van der Waals surface area (Å²) in [6.07, 6.45) is 0. The lowest BCUT2D eigenvalue weighted by Gasteiger charge is -2.08. The third-order valence-corrected chi connectivity index (χ3v) is 3.62. The SMILES string of the molecule is CNCc1c(F)cccc1Sc1n[nH]c(=O)n1C. The van der Waals surface area contributed by atoms with E-state index < -0.39 is 0 Å². The van der Waals surface area contributed by atoms with Crippen molar-refractivity contribution in [3.05, 3.63) is 40.1 Å². The second-order valence-corrected chi connectivity index (χ2v) is 4.73. The van der Waals surface area contributed by atoms with Gasteiger partial charge in [0.25, 0.3) is 0 Å². The smallest absolute Gasteiger partial charge is 0.316 e. The first-order valence-corrected chi connectivity index (χ1v) is 6.16. The van der Waals surface area contributed by atoms with E-state index in [-0.39, 0.29) is 11.5 Å². The molecule has 1 aromatic carbocycles. The van der Waals surface area contributed by atoms with Crippen LogP contribution in [0, 0.1) is 5.82 Å². The first-order valence-electron chi connectivity index (χ1n) is 5.34. The van der Waals surface area contributed by atoms with Gasteiger partial charge >= 0.3 is 5.69 Å². The zero-order valence-electron chi connectivity index (χ0n) is 10.0. The monoisotopic (exact) mass is 268 g/mol. The fraction of sp³-hybridized carbons (Fsp3) is 0.273. The Hall–Kier alpha value is -1.60. The topological polar surface area (TPSA) is 62.7 Å². The molecule has 18 heavy (non-hydrogen) atoms. The Kier molecular flexibility index (Phi) is 3.83. The predicted octanol–water partition coefficient (Wildman–Crippen LogP) is 1.12. The average molecular weight is 268 g/mol. The molecular formula is C11H13FN4OS. The number of nitrogens with zero attached hydrogens (tertiary/aromatic N) is 2. The molecule has 2 aromatic rings. The molecule has 5 nitrogen and oxygen atoms in total. The van der Waals surface area contributed by atoms with Crippen LogP contribution in [-0.2, 0) is 13.6 Å². The van der Waals surface area contributed by atoms with Gasteiger partial charge in [-0.3, -0.25) is 4.57 Å². The molecule has 0 unspecified atom stereocenters. The van der Waals surface area contributed by atoms with Gasteiger partial charge in [0.1, 0.15) is 5.82 Å². The van der Waals surface area contributed by atoms with Crippen molar-refractivity contribution in [2.75, 3.05) is 7.05 Å². The van der Waals surface area contributed by atoms with E-state index in [1.54, 1.807) is 26.2 Å². The fourth-order valence-corrected chi connectivity index (χ4v) is 2.45. The molecule has 0 bridgehead atoms. The number of benzene rings is 1. The first kappa shape index (κ1) is 12.8. The van der Waals surface area contributed by atoms with Crippen molar-refractivity contribution < 1.29 is 4.39 Å². The molecule has 1 aromatic heterocycles. The maximum Gasteiger partial charge on any atom is 0.343 e. The van der Waals surface area contributed by atoms with Gasteiger partial charge in [-0.25, -0.2) is 14.3 Å². The summed E-state index contributed by atoms with van der Waals surface area (Å²) in [5.41, 5.74) is 0.282. The average Bonchev–Trinajstić information content (AvgIpc) is 2.66. The number of halogens is 1. The van der Waals surface area contributed by atoms with Crippen LogP contribution in [0.4, 0.5) is 4.39 Å². The minimum Gasteiger partial charge on any atom is -0.316 e. The second kappa shape index (κ2) is 5.36. The number of aromatic amines is 1. The van der Waals surface area contributed by atoms with Gasteiger partial charge in [-0.2, -0.15) is 0 Å². The van der Waals surface area contributed by atoms with E-state index in [4.69, 9.17) is 0 Å². The van der Waals surface area contributed by atoms with Crippen LogP contribution >= 0.6 is 11.8 Å². The molecule has 0 saturated heterocycles. The van der Waals surface area contributed by atoms with Crippen molar-refractivity contribution in [2.24, 2.45) is 7.05 Å². The predicted molar refractivity (Wildman–Crippen MR) is 67.1 cm³/mol. The Morgan fingerprint density at radius 1 is 1.56 bits per heavy atom. The molecular weight excluding hydrogens is 255 g/mol. The standard InChI is InChI=1S/C11H13FN4OS/c1-13-6-7-8(12)4-3-5-9(7)18-11-15-14-10(17)16(11)2/h3-5,13H,6H2,1-2H3,(H,14,17). The zero-order valence-corrected chi connectivity index (χ0v) is 10.8. The minimum absolute atomic E-state index is 0.269. The number of H-pyrrole nitrogens is 1. The van der Waals surface area contributed by atoms with E-state index in [2.05, 4.69) is 15.5 Å². The molecule has 0 radical (unpaired) electrons. The molecule has 0 aliphatic rings. The molecule has 0 fully saturated rings. The van der Waals surface area contributed by atoms with Gasteiger partial charge in [0.2, 0.25) is 0 Å². The van der Waals surface area contributed by atoms with Gasteiger partial charge in [-0.05, 0) is 30.9 Å². The Balaban J connectivity index is 2.37. The Bertz CT molecular complexity index is 607. The van der Waals surface area contributed by atoms with Gasteiger partial charge < -0.3 is 5.32 Å². The Morgan fingerprint density at radius 3 is 2.94 bits per heavy atom. The highest BCUT2D eigenvalue weighted by molar-refractivity contribution is 7.99. The van der Waals surface area contributed by atoms with Gasteiger partial charge in [0.05, 0.1) is 0 Å². The summed E-state index contributed by atoms with van der Waals surface area (Å²) < 4.78 is 15.1. The van der Waals surface area contributed by atoms with Gasteiger partial charge in [-0.1, -0.05) is 6.07 Å². The maximum absolute atomic E-state index is 13.7. The minimum atomic E-state index is -0.288. The van der Waals surface area contributed by atoms with Crippen LogP contribution in [0.15, 0.2) is 33.0 Å². The van der Waals surface area contributed by atoms with Crippen molar-refractivity contribution in [1.29, 1.82) is 0 Å².